The van der Waals surface area contributed by atoms with Gasteiger partial charge in [0.2, 0.25) is 0 Å². The number of aryl methyl sites for hydroxylation is 1. The molecule has 0 heterocycles. The summed E-state index contributed by atoms with van der Waals surface area (Å²) in [5.74, 6) is 0.0880. The Morgan fingerprint density at radius 2 is 1.81 bits per heavy atom. The molecule has 0 atom stereocenters. The van der Waals surface area contributed by atoms with Crippen molar-refractivity contribution in [2.24, 2.45) is 0 Å². The average molecular weight is 359 g/mol. The number of hydrogen-bond donors (Lipinski definition) is 0. The monoisotopic (exact) mass is 359 g/mol. The molecule has 0 fully saturated rings. The highest BCUT2D eigenvalue weighted by atomic mass is 16.5. The van der Waals surface area contributed by atoms with E-state index in [1.165, 1.54) is 5.56 Å². The maximum Gasteiger partial charge on any atom is 0.519 e. The molecule has 0 saturated carbocycles. The van der Waals surface area contributed by atoms with Crippen LogP contribution in [0.25, 0.3) is 15.8 Å². The first-order valence-electron chi connectivity index (χ1n) is 9.11. The van der Waals surface area contributed by atoms with Gasteiger partial charge in [-0.05, 0) is 49.1 Å². The minimum atomic E-state index is 0.0880. The Bertz CT molecular complexity index is 828. The van der Waals surface area contributed by atoms with E-state index in [4.69, 9.17) is 17.9 Å². The lowest BCUT2D eigenvalue weighted by atomic mass is 10.1. The molecule has 0 spiro atoms. The second-order valence-electron chi connectivity index (χ2n) is 6.19. The zero-order chi connectivity index (χ0) is 19.5. The Morgan fingerprint density at radius 1 is 1.07 bits per heavy atom. The van der Waals surface area contributed by atoms with Gasteiger partial charge in [0.1, 0.15) is 13.1 Å². The molecule has 0 aliphatic heterocycles. The maximum atomic E-state index is 7.01. The predicted octanol–water partition coefficient (Wildman–Crippen LogP) is 5.22. The third-order valence-corrected chi connectivity index (χ3v) is 4.40. The number of hydrogen-bond acceptors (Lipinski definition) is 2. The Hall–Kier alpha value is -3.08. The van der Waals surface area contributed by atoms with E-state index >= 15 is 0 Å². The highest BCUT2D eigenvalue weighted by Gasteiger charge is 2.09. The van der Waals surface area contributed by atoms with Crippen LogP contribution in [-0.2, 0) is 11.2 Å². The molecule has 0 aliphatic rings. The summed E-state index contributed by atoms with van der Waals surface area (Å²) in [6.45, 7) is 21.3. The van der Waals surface area contributed by atoms with Crippen LogP contribution < -0.4 is 4.90 Å². The fourth-order valence-corrected chi connectivity index (χ4v) is 2.83. The van der Waals surface area contributed by atoms with Crippen molar-refractivity contribution in [1.82, 2.24) is 0 Å². The number of ether oxygens (including phenoxy) is 1. The first-order valence-corrected chi connectivity index (χ1v) is 9.11. The van der Waals surface area contributed by atoms with Crippen LogP contribution >= 0.6 is 0 Å². The third kappa shape index (κ3) is 6.29. The van der Waals surface area contributed by atoms with Crippen molar-refractivity contribution in [2.75, 3.05) is 31.2 Å². The summed E-state index contributed by atoms with van der Waals surface area (Å²) in [5.41, 5.74) is 4.39. The molecule has 0 amide bonds. The van der Waals surface area contributed by atoms with Gasteiger partial charge in [-0.1, -0.05) is 36.4 Å². The molecule has 0 N–H and O–H groups in total. The SMILES string of the molecule is [C-]#[N+]C(=Cc1ccc(N(CC)CCOCCc2ccccc2)cc1C)[N+]#[C-]. The number of likely N-dealkylation sites (N-methyl/N-ethyl adjacent to an activating group) is 1. The quantitative estimate of drug-likeness (QED) is 0.452. The van der Waals surface area contributed by atoms with E-state index < -0.39 is 0 Å². The van der Waals surface area contributed by atoms with E-state index in [2.05, 4.69) is 51.8 Å². The lowest BCUT2D eigenvalue weighted by molar-refractivity contribution is 0.143. The van der Waals surface area contributed by atoms with Gasteiger partial charge in [0.15, 0.2) is 0 Å². The van der Waals surface area contributed by atoms with Gasteiger partial charge in [0, 0.05) is 24.9 Å². The second-order valence-corrected chi connectivity index (χ2v) is 6.19. The van der Waals surface area contributed by atoms with Crippen molar-refractivity contribution in [3.63, 3.8) is 0 Å². The van der Waals surface area contributed by atoms with Crippen molar-refractivity contribution in [3.05, 3.63) is 93.9 Å². The number of nitrogens with zero attached hydrogens (tertiary/aromatic N) is 3. The first kappa shape index (κ1) is 20.2. The van der Waals surface area contributed by atoms with Gasteiger partial charge in [-0.15, -0.1) is 0 Å². The largest absolute Gasteiger partial charge is 0.519 e. The second kappa shape index (κ2) is 10.8. The van der Waals surface area contributed by atoms with Crippen molar-refractivity contribution in [3.8, 4) is 0 Å². The smallest absolute Gasteiger partial charge is 0.379 e. The predicted molar refractivity (Wildman–Crippen MR) is 111 cm³/mol. The van der Waals surface area contributed by atoms with E-state index in [0.29, 0.717) is 6.61 Å². The summed E-state index contributed by atoms with van der Waals surface area (Å²) >= 11 is 0. The molecule has 0 saturated heterocycles. The summed E-state index contributed by atoms with van der Waals surface area (Å²) < 4.78 is 5.81. The molecule has 0 bridgehead atoms. The Balaban J connectivity index is 1.89. The summed E-state index contributed by atoms with van der Waals surface area (Å²) in [6.07, 6.45) is 2.57. The van der Waals surface area contributed by atoms with Gasteiger partial charge in [0.05, 0.1) is 13.2 Å². The van der Waals surface area contributed by atoms with Crippen LogP contribution in [-0.4, -0.2) is 26.3 Å². The van der Waals surface area contributed by atoms with Crippen LogP contribution in [0.4, 0.5) is 5.69 Å². The van der Waals surface area contributed by atoms with Crippen LogP contribution in [0, 0.1) is 20.1 Å². The van der Waals surface area contributed by atoms with Crippen molar-refractivity contribution < 1.29 is 4.74 Å². The van der Waals surface area contributed by atoms with E-state index in [1.807, 2.05) is 25.1 Å². The number of benzene rings is 2. The minimum absolute atomic E-state index is 0.0880. The van der Waals surface area contributed by atoms with Crippen LogP contribution in [0.15, 0.2) is 54.4 Å². The maximum absolute atomic E-state index is 7.01. The van der Waals surface area contributed by atoms with Crippen molar-refractivity contribution in [2.45, 2.75) is 20.3 Å². The zero-order valence-corrected chi connectivity index (χ0v) is 16.0. The summed E-state index contributed by atoms with van der Waals surface area (Å²) in [5, 5.41) is 0. The first-order chi connectivity index (χ1) is 13.2. The van der Waals surface area contributed by atoms with Gasteiger partial charge in [-0.25, -0.2) is 0 Å². The molecule has 4 heteroatoms. The van der Waals surface area contributed by atoms with Crippen LogP contribution in [0.1, 0.15) is 23.6 Å². The highest BCUT2D eigenvalue weighted by Crippen LogP contribution is 2.21. The normalized spacial score (nSPS) is 9.93. The number of rotatable bonds is 9. The molecule has 0 radical (unpaired) electrons. The molecule has 138 valence electrons. The van der Waals surface area contributed by atoms with Gasteiger partial charge in [-0.3, -0.25) is 0 Å². The van der Waals surface area contributed by atoms with Crippen LogP contribution in [0.5, 0.6) is 0 Å². The van der Waals surface area contributed by atoms with Crippen molar-refractivity contribution in [1.29, 1.82) is 0 Å². The van der Waals surface area contributed by atoms with Crippen LogP contribution in [0.3, 0.4) is 0 Å². The molecule has 0 unspecified atom stereocenters. The van der Waals surface area contributed by atoms with Gasteiger partial charge in [-0.2, -0.15) is 9.69 Å². The topological polar surface area (TPSA) is 21.2 Å². The fourth-order valence-electron chi connectivity index (χ4n) is 2.83. The summed E-state index contributed by atoms with van der Waals surface area (Å²) in [4.78, 5) is 8.72. The minimum Gasteiger partial charge on any atom is -0.379 e. The average Bonchev–Trinajstić information content (AvgIpc) is 2.70. The molecular formula is C23H25N3O. The van der Waals surface area contributed by atoms with Crippen LogP contribution in [0.2, 0.25) is 0 Å². The van der Waals surface area contributed by atoms with Gasteiger partial charge in [0.25, 0.3) is 0 Å². The lowest BCUT2D eigenvalue weighted by Gasteiger charge is -2.24. The Labute approximate surface area is 162 Å². The number of anilines is 1. The van der Waals surface area contributed by atoms with Crippen molar-refractivity contribution >= 4 is 11.8 Å². The molecular weight excluding hydrogens is 334 g/mol. The molecule has 2 aromatic rings. The summed E-state index contributed by atoms with van der Waals surface area (Å²) in [7, 11) is 0. The summed E-state index contributed by atoms with van der Waals surface area (Å²) in [6, 6.07) is 16.5. The molecule has 4 nitrogen and oxygen atoms in total. The molecule has 2 aromatic carbocycles. The highest BCUT2D eigenvalue weighted by molar-refractivity contribution is 5.63. The fraction of sp³-hybridized carbons (Fsp3) is 0.304. The molecule has 0 aromatic heterocycles. The zero-order valence-electron chi connectivity index (χ0n) is 16.0. The molecule has 2 rings (SSSR count). The van der Waals surface area contributed by atoms with E-state index in [1.54, 1.807) is 6.08 Å². The molecule has 27 heavy (non-hydrogen) atoms. The van der Waals surface area contributed by atoms with E-state index in [-0.39, 0.29) is 5.82 Å². The standard InChI is InChI=1S/C23H25N3O/c1-5-26(14-16-27-15-13-20-9-7-6-8-10-20)22-12-11-21(19(2)17-22)18-23(24-3)25-4/h6-12,17-18H,5,13-16H2,1-2H3. The van der Waals surface area contributed by atoms with E-state index in [0.717, 1.165) is 42.9 Å². The van der Waals surface area contributed by atoms with E-state index in [9.17, 15) is 0 Å². The van der Waals surface area contributed by atoms with Gasteiger partial charge >= 0.3 is 5.82 Å². The Morgan fingerprint density at radius 3 is 2.44 bits per heavy atom. The Kier molecular flexibility index (Phi) is 8.10. The lowest BCUT2D eigenvalue weighted by Crippen LogP contribution is -2.27. The third-order valence-electron chi connectivity index (χ3n) is 4.40. The molecule has 0 aliphatic carbocycles. The van der Waals surface area contributed by atoms with Gasteiger partial charge < -0.3 is 9.64 Å².